The van der Waals surface area contributed by atoms with Crippen molar-refractivity contribution in [3.8, 4) is 17.4 Å². The molecule has 0 amide bonds. The zero-order valence-corrected chi connectivity index (χ0v) is 14.2. The molecule has 0 saturated carbocycles. The average Bonchev–Trinajstić information content (AvgIpc) is 2.68. The molecule has 0 saturated heterocycles. The van der Waals surface area contributed by atoms with Crippen molar-refractivity contribution in [1.82, 2.24) is 9.97 Å². The summed E-state index contributed by atoms with van der Waals surface area (Å²) in [5.41, 5.74) is 2.15. The Balaban J connectivity index is 1.62. The first-order valence-electron chi connectivity index (χ1n) is 7.91. The molecule has 0 aliphatic rings. The highest BCUT2D eigenvalue weighted by Gasteiger charge is 2.02. The van der Waals surface area contributed by atoms with E-state index in [1.807, 2.05) is 55.6 Å². The molecule has 1 heterocycles. The quantitative estimate of drug-likeness (QED) is 0.681. The fourth-order valence-electron chi connectivity index (χ4n) is 2.24. The van der Waals surface area contributed by atoms with E-state index in [-0.39, 0.29) is 0 Å². The van der Waals surface area contributed by atoms with Crippen LogP contribution in [0.1, 0.15) is 5.56 Å². The van der Waals surface area contributed by atoms with Crippen molar-refractivity contribution >= 4 is 11.5 Å². The minimum Gasteiger partial charge on any atom is -0.497 e. The predicted octanol–water partition coefficient (Wildman–Crippen LogP) is 3.93. The van der Waals surface area contributed by atoms with Crippen LogP contribution in [0.4, 0.5) is 11.5 Å². The predicted molar refractivity (Wildman–Crippen MR) is 98.4 cm³/mol. The Hall–Kier alpha value is -3.28. The lowest BCUT2D eigenvalue weighted by molar-refractivity contribution is 0.414. The van der Waals surface area contributed by atoms with Crippen LogP contribution in [-0.4, -0.2) is 24.1 Å². The number of anilines is 2. The van der Waals surface area contributed by atoms with E-state index in [9.17, 15) is 0 Å². The van der Waals surface area contributed by atoms with E-state index in [2.05, 4.69) is 20.6 Å². The Bertz CT molecular complexity index is 804. The van der Waals surface area contributed by atoms with Gasteiger partial charge >= 0.3 is 0 Å². The highest BCUT2D eigenvalue weighted by molar-refractivity contribution is 5.47. The van der Waals surface area contributed by atoms with Crippen LogP contribution in [0.3, 0.4) is 0 Å². The van der Waals surface area contributed by atoms with Gasteiger partial charge in [0.15, 0.2) is 0 Å². The van der Waals surface area contributed by atoms with Gasteiger partial charge in [-0.25, -0.2) is 9.97 Å². The number of hydrogen-bond acceptors (Lipinski definition) is 6. The summed E-state index contributed by atoms with van der Waals surface area (Å²) in [5.74, 6) is 2.75. The number of methoxy groups -OCH3 is 1. The van der Waals surface area contributed by atoms with Gasteiger partial charge < -0.3 is 20.1 Å². The van der Waals surface area contributed by atoms with Crippen LogP contribution < -0.4 is 20.1 Å². The second-order valence-electron chi connectivity index (χ2n) is 5.32. The molecule has 0 radical (unpaired) electrons. The van der Waals surface area contributed by atoms with Crippen LogP contribution in [0.15, 0.2) is 60.9 Å². The maximum Gasteiger partial charge on any atom is 0.224 e. The van der Waals surface area contributed by atoms with Gasteiger partial charge in [-0.05, 0) is 42.0 Å². The Labute approximate surface area is 146 Å². The molecule has 128 valence electrons. The highest BCUT2D eigenvalue weighted by atomic mass is 16.5. The molecule has 0 aliphatic carbocycles. The van der Waals surface area contributed by atoms with Crippen molar-refractivity contribution in [2.24, 2.45) is 0 Å². The Morgan fingerprint density at radius 3 is 2.32 bits per heavy atom. The van der Waals surface area contributed by atoms with E-state index < -0.39 is 0 Å². The van der Waals surface area contributed by atoms with Gasteiger partial charge in [-0.2, -0.15) is 0 Å². The van der Waals surface area contributed by atoms with Crippen molar-refractivity contribution in [1.29, 1.82) is 0 Å². The second kappa shape index (κ2) is 8.01. The molecule has 3 aromatic rings. The summed E-state index contributed by atoms with van der Waals surface area (Å²) in [4.78, 5) is 8.37. The molecular weight excluding hydrogens is 316 g/mol. The summed E-state index contributed by atoms with van der Waals surface area (Å²) < 4.78 is 10.9. The zero-order valence-electron chi connectivity index (χ0n) is 14.2. The summed E-state index contributed by atoms with van der Waals surface area (Å²) in [6, 6.07) is 17.3. The number of nitrogens with one attached hydrogen (secondary N) is 2. The van der Waals surface area contributed by atoms with Crippen molar-refractivity contribution in [2.45, 2.75) is 6.54 Å². The topological polar surface area (TPSA) is 68.3 Å². The van der Waals surface area contributed by atoms with Crippen LogP contribution in [0.5, 0.6) is 17.4 Å². The normalized spacial score (nSPS) is 10.2. The molecule has 6 nitrogen and oxygen atoms in total. The van der Waals surface area contributed by atoms with Crippen LogP contribution in [0.25, 0.3) is 0 Å². The van der Waals surface area contributed by atoms with Crippen molar-refractivity contribution < 1.29 is 9.47 Å². The van der Waals surface area contributed by atoms with Crippen LogP contribution in [-0.2, 0) is 6.54 Å². The van der Waals surface area contributed by atoms with Gasteiger partial charge in [0, 0.05) is 25.3 Å². The third-order valence-electron chi connectivity index (χ3n) is 3.64. The van der Waals surface area contributed by atoms with Crippen LogP contribution >= 0.6 is 0 Å². The fraction of sp³-hybridized carbons (Fsp3) is 0.158. The van der Waals surface area contributed by atoms with E-state index in [1.165, 1.54) is 6.33 Å². The molecule has 0 aliphatic heterocycles. The smallest absolute Gasteiger partial charge is 0.224 e. The number of benzene rings is 2. The maximum absolute atomic E-state index is 5.77. The lowest BCUT2D eigenvalue weighted by Gasteiger charge is -2.09. The molecule has 0 fully saturated rings. The fourth-order valence-corrected chi connectivity index (χ4v) is 2.24. The minimum absolute atomic E-state index is 0.490. The molecule has 25 heavy (non-hydrogen) atoms. The van der Waals surface area contributed by atoms with Gasteiger partial charge in [-0.3, -0.25) is 0 Å². The summed E-state index contributed by atoms with van der Waals surface area (Å²) in [6.07, 6.45) is 1.48. The van der Waals surface area contributed by atoms with Gasteiger partial charge in [0.25, 0.3) is 0 Å². The first kappa shape index (κ1) is 16.6. The molecule has 2 N–H and O–H groups in total. The van der Waals surface area contributed by atoms with Gasteiger partial charge in [-0.15, -0.1) is 0 Å². The summed E-state index contributed by atoms with van der Waals surface area (Å²) >= 11 is 0. The standard InChI is InChI=1S/C19H20N4O2/c1-20-15-5-9-17(10-6-15)25-19-11-18(22-13-23-19)21-12-14-3-7-16(24-2)8-4-14/h3-11,13,20H,12H2,1-2H3,(H,21,22,23). The number of rotatable bonds is 7. The molecule has 1 aromatic heterocycles. The molecule has 3 rings (SSSR count). The molecule has 2 aromatic carbocycles. The number of hydrogen-bond donors (Lipinski definition) is 2. The first-order valence-corrected chi connectivity index (χ1v) is 7.91. The van der Waals surface area contributed by atoms with Gasteiger partial charge in [-0.1, -0.05) is 12.1 Å². The number of aromatic nitrogens is 2. The lowest BCUT2D eigenvalue weighted by Crippen LogP contribution is -2.02. The van der Waals surface area contributed by atoms with Crippen LogP contribution in [0, 0.1) is 0 Å². The summed E-state index contributed by atoms with van der Waals surface area (Å²) in [5, 5.41) is 6.33. The minimum atomic E-state index is 0.490. The number of nitrogens with zero attached hydrogens (tertiary/aromatic N) is 2. The molecule has 0 atom stereocenters. The van der Waals surface area contributed by atoms with Gasteiger partial charge in [0.1, 0.15) is 23.6 Å². The van der Waals surface area contributed by atoms with Crippen LogP contribution in [0.2, 0.25) is 0 Å². The van der Waals surface area contributed by atoms with Crippen molar-refractivity contribution in [3.63, 3.8) is 0 Å². The maximum atomic E-state index is 5.77. The third kappa shape index (κ3) is 4.60. The molecule has 6 heteroatoms. The molecule has 0 unspecified atom stereocenters. The monoisotopic (exact) mass is 336 g/mol. The van der Waals surface area contributed by atoms with E-state index >= 15 is 0 Å². The Morgan fingerprint density at radius 2 is 1.64 bits per heavy atom. The van der Waals surface area contributed by atoms with Gasteiger partial charge in [0.2, 0.25) is 5.88 Å². The SMILES string of the molecule is CNc1ccc(Oc2cc(NCc3ccc(OC)cc3)ncn2)cc1. The van der Waals surface area contributed by atoms with E-state index in [0.717, 1.165) is 22.7 Å². The van der Waals surface area contributed by atoms with E-state index in [4.69, 9.17) is 9.47 Å². The average molecular weight is 336 g/mol. The van der Waals surface area contributed by atoms with E-state index in [1.54, 1.807) is 13.2 Å². The summed E-state index contributed by atoms with van der Waals surface area (Å²) in [6.45, 7) is 0.650. The Kier molecular flexibility index (Phi) is 5.31. The lowest BCUT2D eigenvalue weighted by atomic mass is 10.2. The summed E-state index contributed by atoms with van der Waals surface area (Å²) in [7, 11) is 3.53. The van der Waals surface area contributed by atoms with Gasteiger partial charge in [0.05, 0.1) is 7.11 Å². The Morgan fingerprint density at radius 1 is 0.920 bits per heavy atom. The molecule has 0 bridgehead atoms. The zero-order chi connectivity index (χ0) is 17.5. The van der Waals surface area contributed by atoms with Crippen molar-refractivity contribution in [3.05, 3.63) is 66.5 Å². The second-order valence-corrected chi connectivity index (χ2v) is 5.32. The third-order valence-corrected chi connectivity index (χ3v) is 3.64. The largest absolute Gasteiger partial charge is 0.497 e. The first-order chi connectivity index (χ1) is 12.3. The number of ether oxygens (including phenoxy) is 2. The van der Waals surface area contributed by atoms with Crippen molar-refractivity contribution in [2.75, 3.05) is 24.8 Å². The molecule has 0 spiro atoms. The van der Waals surface area contributed by atoms with E-state index in [0.29, 0.717) is 18.2 Å². The highest BCUT2D eigenvalue weighted by Crippen LogP contribution is 2.22. The molecular formula is C19H20N4O2.